The smallest absolute Gasteiger partial charge is 0.258 e. The third kappa shape index (κ3) is 5.27. The van der Waals surface area contributed by atoms with Crippen LogP contribution in [-0.4, -0.2) is 36.2 Å². The molecule has 0 aliphatic heterocycles. The van der Waals surface area contributed by atoms with Crippen molar-refractivity contribution in [3.05, 3.63) is 29.8 Å². The quantitative estimate of drug-likeness (QED) is 0.643. The van der Waals surface area contributed by atoms with E-state index >= 15 is 0 Å². The maximum atomic E-state index is 11.5. The number of carbonyl (C=O) groups is 2. The Morgan fingerprint density at radius 1 is 1.40 bits per heavy atom. The first-order valence-electron chi connectivity index (χ1n) is 6.51. The fourth-order valence-corrected chi connectivity index (χ4v) is 1.66. The van der Waals surface area contributed by atoms with Crippen molar-refractivity contribution in [3.8, 4) is 5.75 Å². The lowest BCUT2D eigenvalue weighted by Crippen LogP contribution is -2.35. The average molecular weight is 280 g/mol. The minimum Gasteiger partial charge on any atom is -0.483 e. The lowest BCUT2D eigenvalue weighted by molar-refractivity contribution is -0.123. The van der Waals surface area contributed by atoms with Gasteiger partial charge < -0.3 is 20.9 Å². The number of aliphatic hydroxyl groups is 1. The largest absolute Gasteiger partial charge is 0.483 e. The number of hydrogen-bond acceptors (Lipinski definition) is 4. The van der Waals surface area contributed by atoms with Gasteiger partial charge in [-0.25, -0.2) is 0 Å². The van der Waals surface area contributed by atoms with Crippen LogP contribution in [0, 0.1) is 0 Å². The maximum absolute atomic E-state index is 11.5. The van der Waals surface area contributed by atoms with E-state index in [9.17, 15) is 14.7 Å². The van der Waals surface area contributed by atoms with Crippen molar-refractivity contribution in [2.24, 2.45) is 5.73 Å². The second-order valence-corrected chi connectivity index (χ2v) is 4.40. The molecule has 1 aromatic carbocycles. The highest BCUT2D eigenvalue weighted by atomic mass is 16.5. The van der Waals surface area contributed by atoms with Crippen LogP contribution in [0.2, 0.25) is 0 Å². The number of benzene rings is 1. The molecule has 20 heavy (non-hydrogen) atoms. The zero-order valence-corrected chi connectivity index (χ0v) is 11.5. The molecular weight excluding hydrogens is 260 g/mol. The first-order valence-corrected chi connectivity index (χ1v) is 6.51. The van der Waals surface area contributed by atoms with Crippen LogP contribution < -0.4 is 15.8 Å². The van der Waals surface area contributed by atoms with Gasteiger partial charge in [-0.3, -0.25) is 9.59 Å². The highest BCUT2D eigenvalue weighted by molar-refractivity contribution is 5.95. The van der Waals surface area contributed by atoms with Gasteiger partial charge in [0.1, 0.15) is 5.75 Å². The van der Waals surface area contributed by atoms with E-state index in [0.29, 0.717) is 6.42 Å². The molecule has 110 valence electrons. The highest BCUT2D eigenvalue weighted by Crippen LogP contribution is 2.16. The number of nitrogens with two attached hydrogens (primary N) is 1. The second kappa shape index (κ2) is 8.16. The van der Waals surface area contributed by atoms with Crippen LogP contribution in [0.4, 0.5) is 0 Å². The summed E-state index contributed by atoms with van der Waals surface area (Å²) in [5.74, 6) is -0.706. The van der Waals surface area contributed by atoms with Gasteiger partial charge >= 0.3 is 0 Å². The van der Waals surface area contributed by atoms with Crippen LogP contribution in [0.1, 0.15) is 30.1 Å². The number of para-hydroxylation sites is 1. The molecule has 6 heteroatoms. The Kier molecular flexibility index (Phi) is 6.52. The van der Waals surface area contributed by atoms with E-state index in [1.165, 1.54) is 6.07 Å². The molecule has 2 amide bonds. The molecule has 0 bridgehead atoms. The normalized spacial score (nSPS) is 11.7. The second-order valence-electron chi connectivity index (χ2n) is 4.40. The molecule has 0 aliphatic carbocycles. The van der Waals surface area contributed by atoms with E-state index in [0.717, 1.165) is 6.42 Å². The number of rotatable bonds is 8. The van der Waals surface area contributed by atoms with E-state index in [1.807, 2.05) is 6.92 Å². The van der Waals surface area contributed by atoms with Crippen LogP contribution in [0.25, 0.3) is 0 Å². The average Bonchev–Trinajstić information content (AvgIpc) is 2.43. The molecule has 1 unspecified atom stereocenters. The molecule has 0 fully saturated rings. The van der Waals surface area contributed by atoms with Crippen LogP contribution in [0.5, 0.6) is 5.75 Å². The van der Waals surface area contributed by atoms with Crippen molar-refractivity contribution in [3.63, 3.8) is 0 Å². The Hall–Kier alpha value is -2.08. The third-order valence-corrected chi connectivity index (χ3v) is 2.67. The van der Waals surface area contributed by atoms with Crippen molar-refractivity contribution < 1.29 is 19.4 Å². The van der Waals surface area contributed by atoms with Gasteiger partial charge in [-0.15, -0.1) is 0 Å². The Balaban J connectivity index is 2.43. The molecule has 0 radical (unpaired) electrons. The Labute approximate surface area is 117 Å². The number of primary amides is 1. The van der Waals surface area contributed by atoms with Gasteiger partial charge in [-0.1, -0.05) is 25.5 Å². The summed E-state index contributed by atoms with van der Waals surface area (Å²) in [4.78, 5) is 22.7. The lowest BCUT2D eigenvalue weighted by Gasteiger charge is -2.12. The molecule has 0 saturated carbocycles. The molecule has 0 spiro atoms. The van der Waals surface area contributed by atoms with Gasteiger partial charge in [0.25, 0.3) is 11.8 Å². The van der Waals surface area contributed by atoms with Gasteiger partial charge in [-0.05, 0) is 18.6 Å². The summed E-state index contributed by atoms with van der Waals surface area (Å²) in [6.07, 6.45) is 0.924. The summed E-state index contributed by atoms with van der Waals surface area (Å²) in [6, 6.07) is 6.44. The SMILES string of the molecule is CCCC(O)CNC(=O)COc1ccccc1C(N)=O. The molecule has 0 aliphatic rings. The van der Waals surface area contributed by atoms with Gasteiger partial charge in [0.2, 0.25) is 0 Å². The molecule has 1 rings (SSSR count). The zero-order valence-electron chi connectivity index (χ0n) is 11.5. The van der Waals surface area contributed by atoms with Gasteiger partial charge in [0.15, 0.2) is 6.61 Å². The molecule has 1 aromatic rings. The summed E-state index contributed by atoms with van der Waals surface area (Å²) in [5, 5.41) is 12.0. The number of aliphatic hydroxyl groups excluding tert-OH is 1. The number of ether oxygens (including phenoxy) is 1. The fraction of sp³-hybridized carbons (Fsp3) is 0.429. The van der Waals surface area contributed by atoms with E-state index < -0.39 is 12.0 Å². The molecule has 0 aromatic heterocycles. The Morgan fingerprint density at radius 2 is 2.10 bits per heavy atom. The number of hydrogen-bond donors (Lipinski definition) is 3. The standard InChI is InChI=1S/C14H20N2O4/c1-2-5-10(17)8-16-13(18)9-20-12-7-4-3-6-11(12)14(15)19/h3-4,6-7,10,17H,2,5,8-9H2,1H3,(H2,15,19)(H,16,18). The summed E-state index contributed by atoms with van der Waals surface area (Å²) in [5.41, 5.74) is 5.43. The van der Waals surface area contributed by atoms with E-state index in [4.69, 9.17) is 10.5 Å². The lowest BCUT2D eigenvalue weighted by atomic mass is 10.2. The maximum Gasteiger partial charge on any atom is 0.258 e. The molecule has 0 heterocycles. The van der Waals surface area contributed by atoms with Gasteiger partial charge in [0.05, 0.1) is 11.7 Å². The number of amides is 2. The summed E-state index contributed by atoms with van der Waals surface area (Å²) < 4.78 is 5.26. The molecule has 1 atom stereocenters. The van der Waals surface area contributed by atoms with Gasteiger partial charge in [0, 0.05) is 6.54 Å². The molecule has 4 N–H and O–H groups in total. The minimum absolute atomic E-state index is 0.188. The minimum atomic E-state index is -0.612. The predicted molar refractivity (Wildman–Crippen MR) is 74.4 cm³/mol. The summed E-state index contributed by atoms with van der Waals surface area (Å²) in [6.45, 7) is 1.91. The first kappa shape index (κ1) is 16.0. The van der Waals surface area contributed by atoms with Gasteiger partial charge in [-0.2, -0.15) is 0 Å². The summed E-state index contributed by atoms with van der Waals surface area (Å²) in [7, 11) is 0. The molecular formula is C14H20N2O4. The van der Waals surface area contributed by atoms with Crippen LogP contribution in [0.15, 0.2) is 24.3 Å². The Bertz CT molecular complexity index is 462. The third-order valence-electron chi connectivity index (χ3n) is 2.67. The number of nitrogens with one attached hydrogen (secondary N) is 1. The van der Waals surface area contributed by atoms with Crippen molar-refractivity contribution in [1.82, 2.24) is 5.32 Å². The summed E-state index contributed by atoms with van der Waals surface area (Å²) >= 11 is 0. The van der Waals surface area contributed by atoms with Crippen LogP contribution in [-0.2, 0) is 4.79 Å². The fourth-order valence-electron chi connectivity index (χ4n) is 1.66. The van der Waals surface area contributed by atoms with E-state index in [-0.39, 0.29) is 30.4 Å². The van der Waals surface area contributed by atoms with Crippen molar-refractivity contribution in [2.75, 3.05) is 13.2 Å². The van der Waals surface area contributed by atoms with Crippen LogP contribution >= 0.6 is 0 Å². The van der Waals surface area contributed by atoms with E-state index in [1.54, 1.807) is 18.2 Å². The predicted octanol–water partition coefficient (Wildman–Crippen LogP) is 0.441. The highest BCUT2D eigenvalue weighted by Gasteiger charge is 2.11. The van der Waals surface area contributed by atoms with Crippen molar-refractivity contribution in [1.29, 1.82) is 0 Å². The van der Waals surface area contributed by atoms with Crippen LogP contribution in [0.3, 0.4) is 0 Å². The molecule has 6 nitrogen and oxygen atoms in total. The number of carbonyl (C=O) groups excluding carboxylic acids is 2. The monoisotopic (exact) mass is 280 g/mol. The van der Waals surface area contributed by atoms with Crippen molar-refractivity contribution >= 4 is 11.8 Å². The molecule has 0 saturated heterocycles. The van der Waals surface area contributed by atoms with Crippen molar-refractivity contribution in [2.45, 2.75) is 25.9 Å². The topological polar surface area (TPSA) is 102 Å². The Morgan fingerprint density at radius 3 is 2.75 bits per heavy atom. The first-order chi connectivity index (χ1) is 9.54. The zero-order chi connectivity index (χ0) is 15.0. The van der Waals surface area contributed by atoms with E-state index in [2.05, 4.69) is 5.32 Å².